The summed E-state index contributed by atoms with van der Waals surface area (Å²) in [6.45, 7) is 4.26. The standard InChI is InChI=1S/C18H32O2/c1-3-4-5-6-7-8-9-10-11-12-13-14-15-16-17-20-18(2)19/h6-7,11-12H,3-5,8-10,13-17H2,1-2H3. The Balaban J connectivity index is 3.16. The van der Waals surface area contributed by atoms with Gasteiger partial charge in [-0.3, -0.25) is 4.79 Å². The van der Waals surface area contributed by atoms with Gasteiger partial charge in [0.05, 0.1) is 6.61 Å². The second-order valence-corrected chi connectivity index (χ2v) is 5.21. The van der Waals surface area contributed by atoms with Crippen molar-refractivity contribution < 1.29 is 9.53 Å². The van der Waals surface area contributed by atoms with E-state index in [2.05, 4.69) is 31.2 Å². The Bertz CT molecular complexity index is 267. The number of hydrogen-bond donors (Lipinski definition) is 0. The molecule has 0 saturated heterocycles. The number of unbranched alkanes of at least 4 members (excludes halogenated alkanes) is 7. The summed E-state index contributed by atoms with van der Waals surface area (Å²) >= 11 is 0. The Morgan fingerprint density at radius 1 is 0.800 bits per heavy atom. The summed E-state index contributed by atoms with van der Waals surface area (Å²) in [5, 5.41) is 0. The molecule has 20 heavy (non-hydrogen) atoms. The molecule has 0 radical (unpaired) electrons. The molecule has 0 atom stereocenters. The van der Waals surface area contributed by atoms with Crippen LogP contribution in [0.1, 0.15) is 78.1 Å². The van der Waals surface area contributed by atoms with Crippen LogP contribution in [0.2, 0.25) is 0 Å². The summed E-state index contributed by atoms with van der Waals surface area (Å²) in [5.41, 5.74) is 0. The van der Waals surface area contributed by atoms with E-state index in [1.54, 1.807) is 0 Å². The molecular weight excluding hydrogens is 248 g/mol. The first-order chi connectivity index (χ1) is 9.77. The van der Waals surface area contributed by atoms with Crippen molar-refractivity contribution in [2.24, 2.45) is 0 Å². The van der Waals surface area contributed by atoms with Crippen LogP contribution in [0.15, 0.2) is 24.3 Å². The van der Waals surface area contributed by atoms with Crippen LogP contribution in [0.25, 0.3) is 0 Å². The van der Waals surface area contributed by atoms with E-state index in [0.717, 1.165) is 19.3 Å². The molecule has 0 aromatic rings. The molecule has 0 aliphatic rings. The van der Waals surface area contributed by atoms with Crippen molar-refractivity contribution in [2.75, 3.05) is 6.61 Å². The van der Waals surface area contributed by atoms with Gasteiger partial charge >= 0.3 is 5.97 Å². The van der Waals surface area contributed by atoms with Crippen LogP contribution in [-0.4, -0.2) is 12.6 Å². The molecule has 0 rings (SSSR count). The molecule has 0 aromatic carbocycles. The van der Waals surface area contributed by atoms with Crippen LogP contribution in [0, 0.1) is 0 Å². The van der Waals surface area contributed by atoms with Crippen molar-refractivity contribution in [1.82, 2.24) is 0 Å². The van der Waals surface area contributed by atoms with E-state index < -0.39 is 0 Å². The lowest BCUT2D eigenvalue weighted by Crippen LogP contribution is -1.99. The summed E-state index contributed by atoms with van der Waals surface area (Å²) in [6.07, 6.45) is 21.2. The Kier molecular flexibility index (Phi) is 15.2. The van der Waals surface area contributed by atoms with Gasteiger partial charge in [-0.2, -0.15) is 0 Å². The minimum Gasteiger partial charge on any atom is -0.466 e. The molecule has 0 amide bonds. The third kappa shape index (κ3) is 16.9. The summed E-state index contributed by atoms with van der Waals surface area (Å²) in [4.78, 5) is 10.5. The Morgan fingerprint density at radius 3 is 1.90 bits per heavy atom. The van der Waals surface area contributed by atoms with Crippen molar-refractivity contribution in [3.05, 3.63) is 24.3 Å². The zero-order valence-electron chi connectivity index (χ0n) is 13.4. The first-order valence-corrected chi connectivity index (χ1v) is 8.20. The van der Waals surface area contributed by atoms with Crippen molar-refractivity contribution in [3.63, 3.8) is 0 Å². The highest BCUT2D eigenvalue weighted by atomic mass is 16.5. The van der Waals surface area contributed by atoms with Gasteiger partial charge in [0, 0.05) is 6.92 Å². The Labute approximate surface area is 125 Å². The lowest BCUT2D eigenvalue weighted by atomic mass is 10.1. The number of carbonyl (C=O) groups excluding carboxylic acids is 1. The maximum Gasteiger partial charge on any atom is 0.302 e. The highest BCUT2D eigenvalue weighted by Crippen LogP contribution is 2.04. The van der Waals surface area contributed by atoms with E-state index >= 15 is 0 Å². The van der Waals surface area contributed by atoms with Crippen LogP contribution in [0.3, 0.4) is 0 Å². The van der Waals surface area contributed by atoms with Crippen LogP contribution in [0.4, 0.5) is 0 Å². The minimum atomic E-state index is -0.173. The van der Waals surface area contributed by atoms with Crippen molar-refractivity contribution in [1.29, 1.82) is 0 Å². The third-order valence-electron chi connectivity index (χ3n) is 3.12. The number of esters is 1. The number of rotatable bonds is 13. The van der Waals surface area contributed by atoms with E-state index in [9.17, 15) is 4.79 Å². The average Bonchev–Trinajstić information content (AvgIpc) is 2.43. The zero-order chi connectivity index (χ0) is 14.9. The van der Waals surface area contributed by atoms with Crippen molar-refractivity contribution in [3.8, 4) is 0 Å². The SMILES string of the molecule is CCCCC=CCCCC=CCCCCCOC(C)=O. The molecule has 2 nitrogen and oxygen atoms in total. The molecule has 0 unspecified atom stereocenters. The first-order valence-electron chi connectivity index (χ1n) is 8.20. The van der Waals surface area contributed by atoms with Gasteiger partial charge in [-0.15, -0.1) is 0 Å². The number of hydrogen-bond acceptors (Lipinski definition) is 2. The summed E-state index contributed by atoms with van der Waals surface area (Å²) in [5.74, 6) is -0.173. The monoisotopic (exact) mass is 280 g/mol. The van der Waals surface area contributed by atoms with Gasteiger partial charge in [-0.25, -0.2) is 0 Å². The van der Waals surface area contributed by atoms with Gasteiger partial charge in [0.15, 0.2) is 0 Å². The lowest BCUT2D eigenvalue weighted by molar-refractivity contribution is -0.141. The number of allylic oxidation sites excluding steroid dienone is 4. The fourth-order valence-corrected chi connectivity index (χ4v) is 1.90. The van der Waals surface area contributed by atoms with Gasteiger partial charge < -0.3 is 4.74 Å². The second kappa shape index (κ2) is 16.0. The molecule has 0 aliphatic heterocycles. The van der Waals surface area contributed by atoms with Crippen molar-refractivity contribution in [2.45, 2.75) is 78.1 Å². The molecule has 0 saturated carbocycles. The molecule has 0 fully saturated rings. The van der Waals surface area contributed by atoms with Crippen LogP contribution >= 0.6 is 0 Å². The molecule has 2 heteroatoms. The Morgan fingerprint density at radius 2 is 1.35 bits per heavy atom. The molecule has 0 heterocycles. The molecule has 0 bridgehead atoms. The van der Waals surface area contributed by atoms with E-state index in [1.165, 1.54) is 51.9 Å². The molecule has 0 spiro atoms. The van der Waals surface area contributed by atoms with Gasteiger partial charge in [0.25, 0.3) is 0 Å². The van der Waals surface area contributed by atoms with E-state index in [1.807, 2.05) is 0 Å². The van der Waals surface area contributed by atoms with Crippen molar-refractivity contribution >= 4 is 5.97 Å². The minimum absolute atomic E-state index is 0.173. The highest BCUT2D eigenvalue weighted by molar-refractivity contribution is 5.65. The summed E-state index contributed by atoms with van der Waals surface area (Å²) in [6, 6.07) is 0. The van der Waals surface area contributed by atoms with Gasteiger partial charge in [-0.1, -0.05) is 44.1 Å². The Hall–Kier alpha value is -1.05. The van der Waals surface area contributed by atoms with Crippen LogP contribution < -0.4 is 0 Å². The smallest absolute Gasteiger partial charge is 0.302 e. The maximum absolute atomic E-state index is 10.5. The lowest BCUT2D eigenvalue weighted by Gasteiger charge is -2.00. The first kappa shape index (κ1) is 18.9. The molecule has 116 valence electrons. The van der Waals surface area contributed by atoms with Crippen LogP contribution in [-0.2, 0) is 9.53 Å². The second-order valence-electron chi connectivity index (χ2n) is 5.21. The predicted molar refractivity (Wildman–Crippen MR) is 86.8 cm³/mol. The average molecular weight is 280 g/mol. The molecule has 0 aliphatic carbocycles. The number of carbonyl (C=O) groups is 1. The van der Waals surface area contributed by atoms with E-state index in [-0.39, 0.29) is 5.97 Å². The van der Waals surface area contributed by atoms with Gasteiger partial charge in [0.1, 0.15) is 0 Å². The van der Waals surface area contributed by atoms with Crippen LogP contribution in [0.5, 0.6) is 0 Å². The molecule has 0 aromatic heterocycles. The largest absolute Gasteiger partial charge is 0.466 e. The quantitative estimate of drug-likeness (QED) is 0.250. The highest BCUT2D eigenvalue weighted by Gasteiger charge is 1.92. The van der Waals surface area contributed by atoms with Gasteiger partial charge in [0.2, 0.25) is 0 Å². The molecule has 0 N–H and O–H groups in total. The third-order valence-corrected chi connectivity index (χ3v) is 3.12. The number of ether oxygens (including phenoxy) is 1. The summed E-state index contributed by atoms with van der Waals surface area (Å²) < 4.78 is 4.89. The fraction of sp³-hybridized carbons (Fsp3) is 0.722. The normalized spacial score (nSPS) is 11.5. The maximum atomic E-state index is 10.5. The van der Waals surface area contributed by atoms with E-state index in [0.29, 0.717) is 6.61 Å². The predicted octanol–water partition coefficient (Wildman–Crippen LogP) is 5.58. The topological polar surface area (TPSA) is 26.3 Å². The van der Waals surface area contributed by atoms with Gasteiger partial charge in [-0.05, 0) is 51.4 Å². The summed E-state index contributed by atoms with van der Waals surface area (Å²) in [7, 11) is 0. The van der Waals surface area contributed by atoms with E-state index in [4.69, 9.17) is 4.74 Å². The molecular formula is C18H32O2. The zero-order valence-corrected chi connectivity index (χ0v) is 13.4. The fourth-order valence-electron chi connectivity index (χ4n) is 1.90.